The van der Waals surface area contributed by atoms with Crippen LogP contribution in [0.3, 0.4) is 0 Å². The molecule has 0 unspecified atom stereocenters. The van der Waals surface area contributed by atoms with Gasteiger partial charge in [-0.05, 0) is 12.1 Å². The molecule has 2 spiro atoms. The highest BCUT2D eigenvalue weighted by atomic mass is 16.8. The number of phenols is 1. The standard InChI is InChI=1S/C20H12O7/c21-8-5-4-7-12-10(8)14(23)16-18(25-16)20(12)26-9-3-1-2-6-11(9)19(7,27-20)17-15(24-17)13(6)22/h1-5,14-18,21,23H/t14-,15+,16+,17+,18+,19-,20-/m0/s1. The van der Waals surface area contributed by atoms with Gasteiger partial charge in [-0.25, -0.2) is 0 Å². The first-order valence-corrected chi connectivity index (χ1v) is 9.00. The molecule has 134 valence electrons. The van der Waals surface area contributed by atoms with Gasteiger partial charge in [0.05, 0.1) is 0 Å². The number of fused-ring (bicyclic) bond motifs is 2. The van der Waals surface area contributed by atoms with E-state index in [-0.39, 0.29) is 11.5 Å². The van der Waals surface area contributed by atoms with Gasteiger partial charge in [-0.15, -0.1) is 0 Å². The van der Waals surface area contributed by atoms with Crippen LogP contribution in [0.15, 0.2) is 30.3 Å². The van der Waals surface area contributed by atoms with E-state index in [0.29, 0.717) is 28.0 Å². The van der Waals surface area contributed by atoms with Gasteiger partial charge in [-0.3, -0.25) is 4.79 Å². The number of carbonyl (C=O) groups excluding carboxylic acids is 1. The number of Topliss-reactive ketones (excluding diaryl/α,β-unsaturated/α-hetero) is 1. The normalized spacial score (nSPS) is 45.2. The lowest BCUT2D eigenvalue weighted by Crippen LogP contribution is -2.52. The van der Waals surface area contributed by atoms with E-state index in [9.17, 15) is 15.0 Å². The van der Waals surface area contributed by atoms with Gasteiger partial charge in [0.1, 0.15) is 29.8 Å². The quantitative estimate of drug-likeness (QED) is 0.672. The summed E-state index contributed by atoms with van der Waals surface area (Å²) >= 11 is 0. The van der Waals surface area contributed by atoms with Crippen LogP contribution in [0.4, 0.5) is 0 Å². The number of aromatic hydroxyl groups is 1. The Morgan fingerprint density at radius 1 is 1.04 bits per heavy atom. The maximum absolute atomic E-state index is 12.7. The Labute approximate surface area is 152 Å². The van der Waals surface area contributed by atoms with Gasteiger partial charge in [0.2, 0.25) is 0 Å². The summed E-state index contributed by atoms with van der Waals surface area (Å²) in [7, 11) is 0. The predicted octanol–water partition coefficient (Wildman–Crippen LogP) is 0.989. The summed E-state index contributed by atoms with van der Waals surface area (Å²) in [6.45, 7) is 0. The summed E-state index contributed by atoms with van der Waals surface area (Å²) in [5, 5.41) is 21.2. The van der Waals surface area contributed by atoms with Crippen molar-refractivity contribution in [1.82, 2.24) is 0 Å². The molecule has 4 heterocycles. The summed E-state index contributed by atoms with van der Waals surface area (Å²) in [5.41, 5.74) is 1.98. The minimum atomic E-state index is -1.25. The van der Waals surface area contributed by atoms with Crippen LogP contribution in [0.5, 0.6) is 11.5 Å². The second kappa shape index (κ2) is 3.62. The first kappa shape index (κ1) is 13.7. The van der Waals surface area contributed by atoms with Gasteiger partial charge >= 0.3 is 0 Å². The molecule has 2 bridgehead atoms. The molecule has 0 radical (unpaired) electrons. The zero-order chi connectivity index (χ0) is 17.9. The average molecular weight is 364 g/mol. The Hall–Kier alpha value is -2.45. The maximum Gasteiger partial charge on any atom is 0.268 e. The highest BCUT2D eigenvalue weighted by Gasteiger charge is 2.80. The largest absolute Gasteiger partial charge is 0.508 e. The molecular formula is C20H12O7. The number of ether oxygens (including phenoxy) is 4. The summed E-state index contributed by atoms with van der Waals surface area (Å²) in [6.07, 6.45) is -2.94. The number of hydrogen-bond donors (Lipinski definition) is 2. The first-order chi connectivity index (χ1) is 13.1. The molecule has 0 amide bonds. The van der Waals surface area contributed by atoms with Gasteiger partial charge in [-0.1, -0.05) is 18.2 Å². The molecule has 7 nitrogen and oxygen atoms in total. The number of epoxide rings is 2. The van der Waals surface area contributed by atoms with E-state index in [1.165, 1.54) is 0 Å². The van der Waals surface area contributed by atoms with Crippen molar-refractivity contribution in [3.05, 3.63) is 58.1 Å². The van der Waals surface area contributed by atoms with Crippen molar-refractivity contribution in [2.45, 2.75) is 41.9 Å². The number of aliphatic hydroxyl groups excluding tert-OH is 1. The van der Waals surface area contributed by atoms with Gasteiger partial charge in [-0.2, -0.15) is 0 Å². The molecule has 2 aliphatic carbocycles. The van der Waals surface area contributed by atoms with Crippen LogP contribution in [-0.2, 0) is 25.6 Å². The average Bonchev–Trinajstić information content (AvgIpc) is 3.56. The molecule has 2 saturated heterocycles. The lowest BCUT2D eigenvalue weighted by molar-refractivity contribution is -0.264. The molecule has 27 heavy (non-hydrogen) atoms. The van der Waals surface area contributed by atoms with Crippen molar-refractivity contribution in [3.8, 4) is 11.5 Å². The molecule has 7 atom stereocenters. The van der Waals surface area contributed by atoms with Crippen molar-refractivity contribution < 1.29 is 34.0 Å². The van der Waals surface area contributed by atoms with Gasteiger partial charge in [0.25, 0.3) is 5.79 Å². The van der Waals surface area contributed by atoms with Crippen LogP contribution in [0.2, 0.25) is 0 Å². The summed E-state index contributed by atoms with van der Waals surface area (Å²) in [5.74, 6) is -0.774. The Kier molecular flexibility index (Phi) is 1.83. The van der Waals surface area contributed by atoms with Crippen molar-refractivity contribution in [1.29, 1.82) is 0 Å². The zero-order valence-electron chi connectivity index (χ0n) is 13.7. The molecule has 2 fully saturated rings. The lowest BCUT2D eigenvalue weighted by atomic mass is 9.72. The molecule has 2 aromatic carbocycles. The van der Waals surface area contributed by atoms with Gasteiger partial charge < -0.3 is 29.2 Å². The molecule has 0 saturated carbocycles. The third-order valence-corrected chi connectivity index (χ3v) is 6.87. The van der Waals surface area contributed by atoms with Crippen molar-refractivity contribution in [2.75, 3.05) is 0 Å². The highest BCUT2D eigenvalue weighted by molar-refractivity contribution is 6.06. The van der Waals surface area contributed by atoms with Crippen LogP contribution < -0.4 is 4.74 Å². The number of hydrogen-bond acceptors (Lipinski definition) is 7. The van der Waals surface area contributed by atoms with E-state index in [1.807, 2.05) is 6.07 Å². The SMILES string of the molecule is O=C1c2cccc3c2[C@]2(O[C@@]4(O3)c3c2ccc(O)c3[C@H](O)[C@H]2O[C@H]24)[C@@H]2O[C@H]12. The molecule has 2 N–H and O–H groups in total. The summed E-state index contributed by atoms with van der Waals surface area (Å²) in [6, 6.07) is 8.72. The number of ketones is 1. The monoisotopic (exact) mass is 364 g/mol. The van der Waals surface area contributed by atoms with Crippen molar-refractivity contribution in [3.63, 3.8) is 0 Å². The van der Waals surface area contributed by atoms with Crippen molar-refractivity contribution >= 4 is 5.78 Å². The number of phenolic OH excluding ortho intramolecular Hbond substituents is 1. The number of aliphatic hydroxyl groups is 1. The van der Waals surface area contributed by atoms with E-state index in [0.717, 1.165) is 5.56 Å². The number of rotatable bonds is 0. The topological polar surface area (TPSA) is 101 Å². The number of benzene rings is 2. The van der Waals surface area contributed by atoms with E-state index in [1.54, 1.807) is 24.3 Å². The fourth-order valence-corrected chi connectivity index (χ4v) is 5.78. The van der Waals surface area contributed by atoms with Crippen LogP contribution in [0, 0.1) is 0 Å². The number of carbonyl (C=O) groups is 1. The van der Waals surface area contributed by atoms with E-state index in [2.05, 4.69) is 0 Å². The minimum absolute atomic E-state index is 0.0184. The van der Waals surface area contributed by atoms with Crippen molar-refractivity contribution in [2.24, 2.45) is 0 Å². The molecule has 8 rings (SSSR count). The minimum Gasteiger partial charge on any atom is -0.508 e. The molecule has 6 aliphatic rings. The van der Waals surface area contributed by atoms with Crippen LogP contribution >= 0.6 is 0 Å². The second-order valence-corrected chi connectivity index (χ2v) is 8.01. The molecule has 4 aliphatic heterocycles. The van der Waals surface area contributed by atoms with Crippen LogP contribution in [-0.4, -0.2) is 40.4 Å². The highest BCUT2D eigenvalue weighted by Crippen LogP contribution is 2.71. The Morgan fingerprint density at radius 2 is 1.93 bits per heavy atom. The van der Waals surface area contributed by atoms with Crippen LogP contribution in [0.1, 0.15) is 38.7 Å². The fraction of sp³-hybridized carbons (Fsp3) is 0.350. The van der Waals surface area contributed by atoms with Gasteiger partial charge in [0.15, 0.2) is 23.6 Å². The Balaban J connectivity index is 1.57. The predicted molar refractivity (Wildman–Crippen MR) is 85.3 cm³/mol. The second-order valence-electron chi connectivity index (χ2n) is 8.01. The zero-order valence-corrected chi connectivity index (χ0v) is 13.7. The van der Waals surface area contributed by atoms with E-state index < -0.39 is 41.9 Å². The molecule has 7 heteroatoms. The molecule has 0 aromatic heterocycles. The fourth-order valence-electron chi connectivity index (χ4n) is 5.78. The smallest absolute Gasteiger partial charge is 0.268 e. The maximum atomic E-state index is 12.7. The summed E-state index contributed by atoms with van der Waals surface area (Å²) in [4.78, 5) is 12.7. The first-order valence-electron chi connectivity index (χ1n) is 9.00. The third-order valence-electron chi connectivity index (χ3n) is 6.87. The van der Waals surface area contributed by atoms with E-state index in [4.69, 9.17) is 18.9 Å². The Bertz CT molecular complexity index is 1140. The van der Waals surface area contributed by atoms with Gasteiger partial charge in [0, 0.05) is 27.8 Å². The lowest BCUT2D eigenvalue weighted by Gasteiger charge is -2.43. The summed E-state index contributed by atoms with van der Waals surface area (Å²) < 4.78 is 24.5. The van der Waals surface area contributed by atoms with Crippen LogP contribution in [0.25, 0.3) is 0 Å². The molecule has 2 aromatic rings. The molecular weight excluding hydrogens is 352 g/mol. The van der Waals surface area contributed by atoms with E-state index >= 15 is 0 Å². The third kappa shape index (κ3) is 1.15. The Morgan fingerprint density at radius 3 is 2.81 bits per heavy atom.